The second-order valence-electron chi connectivity index (χ2n) is 4.12. The molecule has 94 valence electrons. The Balaban J connectivity index is 2.14. The second kappa shape index (κ2) is 6.12. The fraction of sp³-hybridized carbons (Fsp3) is 0.200. The third-order valence-electron chi connectivity index (χ3n) is 2.73. The fourth-order valence-electron chi connectivity index (χ4n) is 1.71. The smallest absolute Gasteiger partial charge is 0.138 e. The zero-order chi connectivity index (χ0) is 13.0. The van der Waals surface area contributed by atoms with E-state index in [0.717, 1.165) is 16.7 Å². The summed E-state index contributed by atoms with van der Waals surface area (Å²) in [5.41, 5.74) is 3.30. The van der Waals surface area contributed by atoms with Crippen LogP contribution in [0.2, 0.25) is 5.02 Å². The molecule has 0 fully saturated rings. The summed E-state index contributed by atoms with van der Waals surface area (Å²) in [7, 11) is 0. The Morgan fingerprint density at radius 2 is 1.78 bits per heavy atom. The van der Waals surface area contributed by atoms with Crippen molar-refractivity contribution >= 4 is 23.2 Å². The highest BCUT2D eigenvalue weighted by Gasteiger charge is 2.05. The van der Waals surface area contributed by atoms with E-state index >= 15 is 0 Å². The van der Waals surface area contributed by atoms with Crippen molar-refractivity contribution < 1.29 is 4.74 Å². The van der Waals surface area contributed by atoms with Gasteiger partial charge in [0.1, 0.15) is 12.4 Å². The van der Waals surface area contributed by atoms with Crippen molar-refractivity contribution in [1.29, 1.82) is 0 Å². The van der Waals surface area contributed by atoms with Gasteiger partial charge in [0.2, 0.25) is 0 Å². The van der Waals surface area contributed by atoms with E-state index in [1.165, 1.54) is 0 Å². The van der Waals surface area contributed by atoms with Gasteiger partial charge in [0.05, 0.1) is 5.02 Å². The van der Waals surface area contributed by atoms with Gasteiger partial charge in [0, 0.05) is 5.88 Å². The van der Waals surface area contributed by atoms with Gasteiger partial charge >= 0.3 is 0 Å². The Bertz CT molecular complexity index is 538. The number of hydrogen-bond acceptors (Lipinski definition) is 1. The summed E-state index contributed by atoms with van der Waals surface area (Å²) in [6, 6.07) is 13.7. The standard InChI is InChI=1S/C15H14Cl2O/c1-11-6-7-14(17)15(8-11)18-10-13-5-3-2-4-12(13)9-16/h2-8H,9-10H2,1H3. The lowest BCUT2D eigenvalue weighted by Gasteiger charge is -2.11. The van der Waals surface area contributed by atoms with Gasteiger partial charge < -0.3 is 4.74 Å². The van der Waals surface area contributed by atoms with Crippen LogP contribution in [0, 0.1) is 6.92 Å². The fourth-order valence-corrected chi connectivity index (χ4v) is 2.14. The number of aryl methyl sites for hydroxylation is 1. The van der Waals surface area contributed by atoms with E-state index in [0.29, 0.717) is 23.3 Å². The first-order chi connectivity index (χ1) is 8.70. The van der Waals surface area contributed by atoms with Gasteiger partial charge in [-0.3, -0.25) is 0 Å². The molecule has 0 radical (unpaired) electrons. The minimum absolute atomic E-state index is 0.478. The second-order valence-corrected chi connectivity index (χ2v) is 4.80. The van der Waals surface area contributed by atoms with Crippen LogP contribution in [0.4, 0.5) is 0 Å². The van der Waals surface area contributed by atoms with Gasteiger partial charge in [0.25, 0.3) is 0 Å². The van der Waals surface area contributed by atoms with Crippen LogP contribution in [0.1, 0.15) is 16.7 Å². The summed E-state index contributed by atoms with van der Waals surface area (Å²) in [5.74, 6) is 1.20. The van der Waals surface area contributed by atoms with Crippen LogP contribution in [0.3, 0.4) is 0 Å². The lowest BCUT2D eigenvalue weighted by Crippen LogP contribution is -1.99. The molecule has 0 amide bonds. The van der Waals surface area contributed by atoms with E-state index in [1.807, 2.05) is 49.4 Å². The maximum atomic E-state index is 6.09. The average Bonchev–Trinajstić information content (AvgIpc) is 2.40. The number of alkyl halides is 1. The van der Waals surface area contributed by atoms with Crippen LogP contribution in [0.5, 0.6) is 5.75 Å². The van der Waals surface area contributed by atoms with E-state index in [2.05, 4.69) is 0 Å². The summed E-state index contributed by atoms with van der Waals surface area (Å²) < 4.78 is 5.76. The Morgan fingerprint density at radius 1 is 1.06 bits per heavy atom. The normalized spacial score (nSPS) is 10.4. The quantitative estimate of drug-likeness (QED) is 0.719. The highest BCUT2D eigenvalue weighted by atomic mass is 35.5. The van der Waals surface area contributed by atoms with E-state index in [1.54, 1.807) is 0 Å². The molecule has 0 saturated carbocycles. The molecule has 2 rings (SSSR count). The molecule has 0 aromatic heterocycles. The van der Waals surface area contributed by atoms with Gasteiger partial charge in [-0.15, -0.1) is 11.6 Å². The van der Waals surface area contributed by atoms with Gasteiger partial charge in [0.15, 0.2) is 0 Å². The van der Waals surface area contributed by atoms with Crippen molar-refractivity contribution in [3.63, 3.8) is 0 Å². The van der Waals surface area contributed by atoms with Crippen molar-refractivity contribution in [1.82, 2.24) is 0 Å². The molecular formula is C15H14Cl2O. The number of hydrogen-bond donors (Lipinski definition) is 0. The number of ether oxygens (including phenoxy) is 1. The highest BCUT2D eigenvalue weighted by Crippen LogP contribution is 2.26. The predicted octanol–water partition coefficient (Wildman–Crippen LogP) is 4.97. The van der Waals surface area contributed by atoms with Crippen molar-refractivity contribution in [2.75, 3.05) is 0 Å². The maximum Gasteiger partial charge on any atom is 0.138 e. The Hall–Kier alpha value is -1.18. The van der Waals surface area contributed by atoms with Crippen molar-refractivity contribution in [2.24, 2.45) is 0 Å². The molecule has 0 N–H and O–H groups in total. The van der Waals surface area contributed by atoms with Crippen LogP contribution >= 0.6 is 23.2 Å². The SMILES string of the molecule is Cc1ccc(Cl)c(OCc2ccccc2CCl)c1. The zero-order valence-corrected chi connectivity index (χ0v) is 11.6. The van der Waals surface area contributed by atoms with Crippen molar-refractivity contribution in [2.45, 2.75) is 19.4 Å². The molecule has 0 aliphatic rings. The summed E-state index contributed by atoms with van der Waals surface area (Å²) >= 11 is 12.0. The highest BCUT2D eigenvalue weighted by molar-refractivity contribution is 6.32. The molecule has 0 unspecified atom stereocenters. The monoisotopic (exact) mass is 280 g/mol. The molecule has 0 aliphatic carbocycles. The molecule has 0 bridgehead atoms. The van der Waals surface area contributed by atoms with E-state index < -0.39 is 0 Å². The molecule has 18 heavy (non-hydrogen) atoms. The molecular weight excluding hydrogens is 267 g/mol. The average molecular weight is 281 g/mol. The van der Waals surface area contributed by atoms with Crippen LogP contribution in [-0.4, -0.2) is 0 Å². The first kappa shape index (κ1) is 13.3. The molecule has 0 atom stereocenters. The molecule has 2 aromatic carbocycles. The first-order valence-electron chi connectivity index (χ1n) is 5.72. The predicted molar refractivity (Wildman–Crippen MR) is 76.5 cm³/mol. The van der Waals surface area contributed by atoms with E-state index in [-0.39, 0.29) is 0 Å². The zero-order valence-electron chi connectivity index (χ0n) is 10.1. The third-order valence-corrected chi connectivity index (χ3v) is 3.33. The summed E-state index contributed by atoms with van der Waals surface area (Å²) in [6.07, 6.45) is 0. The van der Waals surface area contributed by atoms with Crippen molar-refractivity contribution in [3.05, 3.63) is 64.2 Å². The van der Waals surface area contributed by atoms with E-state index in [4.69, 9.17) is 27.9 Å². The van der Waals surface area contributed by atoms with Gasteiger partial charge in [-0.2, -0.15) is 0 Å². The van der Waals surface area contributed by atoms with Gasteiger partial charge in [-0.1, -0.05) is 41.9 Å². The van der Waals surface area contributed by atoms with Gasteiger partial charge in [-0.25, -0.2) is 0 Å². The minimum atomic E-state index is 0.478. The number of rotatable bonds is 4. The minimum Gasteiger partial charge on any atom is -0.487 e. The molecule has 0 heterocycles. The van der Waals surface area contributed by atoms with Crippen molar-refractivity contribution in [3.8, 4) is 5.75 Å². The maximum absolute atomic E-state index is 6.09. The lowest BCUT2D eigenvalue weighted by atomic mass is 10.1. The lowest BCUT2D eigenvalue weighted by molar-refractivity contribution is 0.305. The Labute approximate surface area is 117 Å². The molecule has 2 aromatic rings. The number of benzene rings is 2. The summed E-state index contributed by atoms with van der Waals surface area (Å²) in [6.45, 7) is 2.49. The molecule has 0 aliphatic heterocycles. The molecule has 3 heteroatoms. The Morgan fingerprint density at radius 3 is 2.50 bits per heavy atom. The Kier molecular flexibility index (Phi) is 4.51. The number of halogens is 2. The summed E-state index contributed by atoms with van der Waals surface area (Å²) in [5, 5.41) is 0.629. The third kappa shape index (κ3) is 3.18. The van der Waals surface area contributed by atoms with Crippen LogP contribution in [-0.2, 0) is 12.5 Å². The topological polar surface area (TPSA) is 9.23 Å². The molecule has 1 nitrogen and oxygen atoms in total. The first-order valence-corrected chi connectivity index (χ1v) is 6.63. The van der Waals surface area contributed by atoms with E-state index in [9.17, 15) is 0 Å². The largest absolute Gasteiger partial charge is 0.487 e. The van der Waals surface area contributed by atoms with Gasteiger partial charge in [-0.05, 0) is 35.7 Å². The van der Waals surface area contributed by atoms with Crippen LogP contribution < -0.4 is 4.74 Å². The summed E-state index contributed by atoms with van der Waals surface area (Å²) in [4.78, 5) is 0. The molecule has 0 saturated heterocycles. The van der Waals surface area contributed by atoms with Crippen LogP contribution in [0.25, 0.3) is 0 Å². The van der Waals surface area contributed by atoms with Crippen LogP contribution in [0.15, 0.2) is 42.5 Å². The molecule has 0 spiro atoms.